The van der Waals surface area contributed by atoms with E-state index < -0.39 is 0 Å². The fourth-order valence-electron chi connectivity index (χ4n) is 2.40. The molecule has 0 atom stereocenters. The fourth-order valence-corrected chi connectivity index (χ4v) is 2.69. The molecule has 0 fully saturated rings. The molecule has 1 aromatic heterocycles. The third-order valence-electron chi connectivity index (χ3n) is 3.72. The number of benzene rings is 2. The Morgan fingerprint density at radius 3 is 2.72 bits per heavy atom. The molecule has 0 saturated heterocycles. The summed E-state index contributed by atoms with van der Waals surface area (Å²) in [5, 5.41) is 8.12. The summed E-state index contributed by atoms with van der Waals surface area (Å²) in [6.07, 6.45) is 5.60. The van der Waals surface area contributed by atoms with Gasteiger partial charge < -0.3 is 4.74 Å². The maximum atomic E-state index is 12.2. The highest BCUT2D eigenvalue weighted by atomic mass is 35.5. The first-order chi connectivity index (χ1) is 12.0. The molecule has 0 aliphatic carbocycles. The summed E-state index contributed by atoms with van der Waals surface area (Å²) >= 11 is 6.21. The van der Waals surface area contributed by atoms with Crippen LogP contribution in [0.15, 0.2) is 41.2 Å². The number of hydrogen-bond acceptors (Lipinski definition) is 4. The van der Waals surface area contributed by atoms with Gasteiger partial charge in [0.1, 0.15) is 12.4 Å². The van der Waals surface area contributed by atoms with E-state index in [1.54, 1.807) is 24.3 Å². The fraction of sp³-hybridized carbons (Fsp3) is 0.167. The van der Waals surface area contributed by atoms with Crippen LogP contribution in [0.3, 0.4) is 0 Å². The molecule has 0 radical (unpaired) electrons. The number of terminal acetylenes is 1. The molecule has 0 spiro atoms. The maximum Gasteiger partial charge on any atom is 0.368 e. The van der Waals surface area contributed by atoms with Gasteiger partial charge in [-0.05, 0) is 47.2 Å². The van der Waals surface area contributed by atoms with Crippen molar-refractivity contribution in [3.8, 4) is 23.8 Å². The van der Waals surface area contributed by atoms with Crippen molar-refractivity contribution >= 4 is 11.6 Å². The van der Waals surface area contributed by atoms with Gasteiger partial charge in [-0.1, -0.05) is 29.7 Å². The van der Waals surface area contributed by atoms with Crippen LogP contribution in [0, 0.1) is 19.3 Å². The Kier molecular flexibility index (Phi) is 4.59. The molecule has 0 aliphatic rings. The molecular weight excluding hydrogens is 340 g/mol. The summed E-state index contributed by atoms with van der Waals surface area (Å²) in [7, 11) is 1.53. The number of aromatic nitrogens is 4. The molecule has 3 rings (SSSR count). The predicted molar refractivity (Wildman–Crippen MR) is 95.1 cm³/mol. The van der Waals surface area contributed by atoms with E-state index in [-0.39, 0.29) is 12.3 Å². The minimum atomic E-state index is -0.371. The highest BCUT2D eigenvalue weighted by Gasteiger charge is 2.15. The van der Waals surface area contributed by atoms with Crippen molar-refractivity contribution in [3.63, 3.8) is 0 Å². The molecule has 126 valence electrons. The second-order valence-electron chi connectivity index (χ2n) is 5.47. The predicted octanol–water partition coefficient (Wildman–Crippen LogP) is 2.49. The molecule has 6 nitrogen and oxygen atoms in total. The van der Waals surface area contributed by atoms with Crippen LogP contribution in [-0.2, 0) is 13.7 Å². The van der Waals surface area contributed by atoms with Gasteiger partial charge in [-0.3, -0.25) is 0 Å². The number of halogens is 1. The molecular formula is C18H15ClN4O2. The van der Waals surface area contributed by atoms with Gasteiger partial charge in [-0.2, -0.15) is 9.36 Å². The van der Waals surface area contributed by atoms with Crippen molar-refractivity contribution in [3.05, 3.63) is 68.6 Å². The third kappa shape index (κ3) is 3.28. The first-order valence-electron chi connectivity index (χ1n) is 7.48. The molecule has 0 bridgehead atoms. The Balaban J connectivity index is 2.01. The lowest BCUT2D eigenvalue weighted by molar-refractivity contribution is 0.305. The third-order valence-corrected chi connectivity index (χ3v) is 4.01. The molecule has 0 aliphatic heterocycles. The molecule has 0 N–H and O–H groups in total. The van der Waals surface area contributed by atoms with Crippen molar-refractivity contribution in [1.29, 1.82) is 0 Å². The summed E-state index contributed by atoms with van der Waals surface area (Å²) in [6.45, 7) is 2.09. The van der Waals surface area contributed by atoms with Gasteiger partial charge in [0.2, 0.25) is 0 Å². The minimum Gasteiger partial charge on any atom is -0.487 e. The SMILES string of the molecule is C#Cc1cccc(-n2nnn(C)c2=O)c1COc1ccc(C)cc1Cl. The summed E-state index contributed by atoms with van der Waals surface area (Å²) in [4.78, 5) is 12.2. The molecule has 7 heteroatoms. The van der Waals surface area contributed by atoms with Crippen LogP contribution in [0.1, 0.15) is 16.7 Å². The minimum absolute atomic E-state index is 0.140. The standard InChI is InChI=1S/C18H15ClN4O2/c1-4-13-6-5-7-16(23-18(24)22(3)20-21-23)14(13)11-25-17-9-8-12(2)10-15(17)19/h1,5-10H,11H2,2-3H3. The van der Waals surface area contributed by atoms with Crippen LogP contribution in [0.25, 0.3) is 5.69 Å². The van der Waals surface area contributed by atoms with Crippen LogP contribution in [-0.4, -0.2) is 19.8 Å². The highest BCUT2D eigenvalue weighted by Crippen LogP contribution is 2.27. The topological polar surface area (TPSA) is 61.9 Å². The highest BCUT2D eigenvalue weighted by molar-refractivity contribution is 6.32. The van der Waals surface area contributed by atoms with Crippen molar-refractivity contribution in [2.75, 3.05) is 0 Å². The molecule has 2 aromatic carbocycles. The Bertz CT molecular complexity index is 1030. The van der Waals surface area contributed by atoms with Gasteiger partial charge in [0, 0.05) is 18.2 Å². The van der Waals surface area contributed by atoms with E-state index in [0.29, 0.717) is 27.6 Å². The lowest BCUT2D eigenvalue weighted by Gasteiger charge is -2.13. The van der Waals surface area contributed by atoms with Gasteiger partial charge >= 0.3 is 5.69 Å². The van der Waals surface area contributed by atoms with Crippen molar-refractivity contribution in [1.82, 2.24) is 19.8 Å². The van der Waals surface area contributed by atoms with Crippen LogP contribution in [0.2, 0.25) is 5.02 Å². The average Bonchev–Trinajstić information content (AvgIpc) is 2.93. The second-order valence-corrected chi connectivity index (χ2v) is 5.87. The van der Waals surface area contributed by atoms with Gasteiger partial charge in [0.25, 0.3) is 0 Å². The van der Waals surface area contributed by atoms with E-state index in [4.69, 9.17) is 22.8 Å². The normalized spacial score (nSPS) is 10.5. The summed E-state index contributed by atoms with van der Waals surface area (Å²) in [6, 6.07) is 10.8. The van der Waals surface area contributed by atoms with Gasteiger partial charge in [-0.15, -0.1) is 6.42 Å². The number of ether oxygens (including phenoxy) is 1. The second kappa shape index (κ2) is 6.83. The van der Waals surface area contributed by atoms with Gasteiger partial charge in [0.15, 0.2) is 0 Å². The summed E-state index contributed by atoms with van der Waals surface area (Å²) in [5.41, 5.74) is 2.45. The lowest BCUT2D eigenvalue weighted by atomic mass is 10.1. The molecule has 3 aromatic rings. The van der Waals surface area contributed by atoms with Crippen LogP contribution >= 0.6 is 11.6 Å². The molecule has 0 unspecified atom stereocenters. The number of rotatable bonds is 4. The molecule has 0 saturated carbocycles. The Hall–Kier alpha value is -3.04. The van der Waals surface area contributed by atoms with Crippen molar-refractivity contribution in [2.45, 2.75) is 13.5 Å². The van der Waals surface area contributed by atoms with E-state index in [2.05, 4.69) is 16.3 Å². The Morgan fingerprint density at radius 1 is 1.28 bits per heavy atom. The average molecular weight is 355 g/mol. The lowest BCUT2D eigenvalue weighted by Crippen LogP contribution is -2.23. The monoisotopic (exact) mass is 354 g/mol. The van der Waals surface area contributed by atoms with Crippen molar-refractivity contribution in [2.24, 2.45) is 7.05 Å². The first-order valence-corrected chi connectivity index (χ1v) is 7.86. The van der Waals surface area contributed by atoms with E-state index in [9.17, 15) is 4.79 Å². The van der Waals surface area contributed by atoms with E-state index >= 15 is 0 Å². The van der Waals surface area contributed by atoms with Crippen LogP contribution in [0.4, 0.5) is 0 Å². The Morgan fingerprint density at radius 2 is 2.08 bits per heavy atom. The zero-order valence-electron chi connectivity index (χ0n) is 13.7. The number of nitrogens with zero attached hydrogens (tertiary/aromatic N) is 4. The number of tetrazole rings is 1. The van der Waals surface area contributed by atoms with E-state index in [1.165, 1.54) is 11.7 Å². The number of hydrogen-bond donors (Lipinski definition) is 0. The van der Waals surface area contributed by atoms with Crippen molar-refractivity contribution < 1.29 is 4.74 Å². The smallest absolute Gasteiger partial charge is 0.368 e. The molecule has 1 heterocycles. The maximum absolute atomic E-state index is 12.2. The van der Waals surface area contributed by atoms with E-state index in [0.717, 1.165) is 10.2 Å². The largest absolute Gasteiger partial charge is 0.487 e. The summed E-state index contributed by atoms with van der Waals surface area (Å²) < 4.78 is 8.16. The molecule has 25 heavy (non-hydrogen) atoms. The van der Waals surface area contributed by atoms with Crippen LogP contribution in [0.5, 0.6) is 5.75 Å². The van der Waals surface area contributed by atoms with Gasteiger partial charge in [-0.25, -0.2) is 4.79 Å². The summed E-state index contributed by atoms with van der Waals surface area (Å²) in [5.74, 6) is 3.15. The number of aryl methyl sites for hydroxylation is 2. The molecule has 0 amide bonds. The van der Waals surface area contributed by atoms with E-state index in [1.807, 2.05) is 19.1 Å². The zero-order chi connectivity index (χ0) is 18.0. The first kappa shape index (κ1) is 16.8. The Labute approximate surface area is 149 Å². The van der Waals surface area contributed by atoms with Crippen LogP contribution < -0.4 is 10.4 Å². The zero-order valence-corrected chi connectivity index (χ0v) is 14.5. The van der Waals surface area contributed by atoms with Gasteiger partial charge in [0.05, 0.1) is 10.7 Å². The quantitative estimate of drug-likeness (QED) is 0.675.